The Hall–Kier alpha value is -3.32. The molecule has 0 aliphatic carbocycles. The number of rotatable bonds is 6. The van der Waals surface area contributed by atoms with Crippen LogP contribution in [0.4, 0.5) is 10.1 Å². The summed E-state index contributed by atoms with van der Waals surface area (Å²) in [6, 6.07) is 17.9. The van der Waals surface area contributed by atoms with Crippen LogP contribution in [-0.4, -0.2) is 18.0 Å². The van der Waals surface area contributed by atoms with Gasteiger partial charge in [-0.25, -0.2) is 9.82 Å². The minimum absolute atomic E-state index is 0.249. The zero-order valence-electron chi connectivity index (χ0n) is 16.2. The summed E-state index contributed by atoms with van der Waals surface area (Å²) in [5, 5.41) is 6.67. The highest BCUT2D eigenvalue weighted by atomic mass is 79.9. The van der Waals surface area contributed by atoms with Crippen molar-refractivity contribution in [1.29, 1.82) is 0 Å². The van der Waals surface area contributed by atoms with Crippen molar-refractivity contribution in [2.24, 2.45) is 5.10 Å². The maximum atomic E-state index is 13.0. The SMILES string of the molecule is CCc1ccc(C(=O)Nc2ccc(Br)cc2C(=O)NN=Cc2ccc(F)cc2)cc1. The average Bonchev–Trinajstić information content (AvgIpc) is 2.76. The number of halogens is 2. The summed E-state index contributed by atoms with van der Waals surface area (Å²) in [6.45, 7) is 2.04. The molecular weight excluding hydrogens is 449 g/mol. The molecule has 152 valence electrons. The minimum Gasteiger partial charge on any atom is -0.321 e. The van der Waals surface area contributed by atoms with Crippen molar-refractivity contribution in [3.05, 3.63) is 99.3 Å². The predicted molar refractivity (Wildman–Crippen MR) is 119 cm³/mol. The van der Waals surface area contributed by atoms with Gasteiger partial charge >= 0.3 is 0 Å². The van der Waals surface area contributed by atoms with Gasteiger partial charge in [0.1, 0.15) is 5.82 Å². The molecular formula is C23H19BrFN3O2. The third kappa shape index (κ3) is 5.61. The molecule has 0 unspecified atom stereocenters. The predicted octanol–water partition coefficient (Wildman–Crippen LogP) is 5.17. The molecule has 2 N–H and O–H groups in total. The molecule has 0 aliphatic heterocycles. The van der Waals surface area contributed by atoms with E-state index < -0.39 is 5.91 Å². The molecule has 0 fully saturated rings. The molecule has 3 aromatic rings. The molecule has 5 nitrogen and oxygen atoms in total. The molecule has 2 amide bonds. The average molecular weight is 468 g/mol. The topological polar surface area (TPSA) is 70.6 Å². The monoisotopic (exact) mass is 467 g/mol. The van der Waals surface area contributed by atoms with Gasteiger partial charge in [-0.3, -0.25) is 9.59 Å². The number of hydrazone groups is 1. The van der Waals surface area contributed by atoms with Crippen molar-refractivity contribution in [2.75, 3.05) is 5.32 Å². The number of nitrogens with one attached hydrogen (secondary N) is 2. The molecule has 3 aromatic carbocycles. The van der Waals surface area contributed by atoms with E-state index in [1.165, 1.54) is 18.3 Å². The summed E-state index contributed by atoms with van der Waals surface area (Å²) in [6.07, 6.45) is 2.29. The van der Waals surface area contributed by atoms with Crippen LogP contribution >= 0.6 is 15.9 Å². The maximum absolute atomic E-state index is 13.0. The molecule has 0 saturated carbocycles. The lowest BCUT2D eigenvalue weighted by Crippen LogP contribution is -2.21. The molecule has 0 aromatic heterocycles. The Bertz CT molecular complexity index is 1080. The van der Waals surface area contributed by atoms with Gasteiger partial charge in [0.15, 0.2) is 0 Å². The standard InChI is InChI=1S/C23H19BrFN3O2/c1-2-15-3-7-17(8-4-15)22(29)27-21-12-9-18(24)13-20(21)23(30)28-26-14-16-5-10-19(25)11-6-16/h3-14H,2H2,1H3,(H,27,29)(H,28,30). The minimum atomic E-state index is -0.494. The van der Waals surface area contributed by atoms with Crippen LogP contribution in [0.3, 0.4) is 0 Å². The molecule has 0 saturated heterocycles. The number of hydrogen-bond acceptors (Lipinski definition) is 3. The second-order valence-electron chi connectivity index (χ2n) is 6.45. The van der Waals surface area contributed by atoms with Gasteiger partial charge < -0.3 is 5.32 Å². The van der Waals surface area contributed by atoms with E-state index >= 15 is 0 Å². The highest BCUT2D eigenvalue weighted by molar-refractivity contribution is 9.10. The fourth-order valence-corrected chi connectivity index (χ4v) is 3.04. The summed E-state index contributed by atoms with van der Waals surface area (Å²) < 4.78 is 13.6. The third-order valence-corrected chi connectivity index (χ3v) is 4.84. The highest BCUT2D eigenvalue weighted by Gasteiger charge is 2.15. The lowest BCUT2D eigenvalue weighted by molar-refractivity contribution is 0.0956. The fraction of sp³-hybridized carbons (Fsp3) is 0.0870. The maximum Gasteiger partial charge on any atom is 0.273 e. The molecule has 30 heavy (non-hydrogen) atoms. The van der Waals surface area contributed by atoms with Crippen LogP contribution in [0.25, 0.3) is 0 Å². The van der Waals surface area contributed by atoms with Gasteiger partial charge in [0.25, 0.3) is 11.8 Å². The number of anilines is 1. The van der Waals surface area contributed by atoms with Crippen LogP contribution in [0.5, 0.6) is 0 Å². The normalized spacial score (nSPS) is 10.8. The largest absolute Gasteiger partial charge is 0.321 e. The van der Waals surface area contributed by atoms with E-state index in [4.69, 9.17) is 0 Å². The Labute approximate surface area is 182 Å². The van der Waals surface area contributed by atoms with Crippen LogP contribution in [0.1, 0.15) is 38.8 Å². The van der Waals surface area contributed by atoms with E-state index in [9.17, 15) is 14.0 Å². The van der Waals surface area contributed by atoms with Crippen molar-refractivity contribution in [3.63, 3.8) is 0 Å². The zero-order valence-corrected chi connectivity index (χ0v) is 17.7. The number of benzene rings is 3. The van der Waals surface area contributed by atoms with E-state index in [-0.39, 0.29) is 17.3 Å². The number of amides is 2. The number of aryl methyl sites for hydroxylation is 1. The fourth-order valence-electron chi connectivity index (χ4n) is 2.67. The molecule has 0 spiro atoms. The Balaban J connectivity index is 1.74. The van der Waals surface area contributed by atoms with Crippen LogP contribution in [-0.2, 0) is 6.42 Å². The lowest BCUT2D eigenvalue weighted by Gasteiger charge is -2.11. The Morgan fingerprint density at radius 2 is 1.70 bits per heavy atom. The number of hydrogen-bond donors (Lipinski definition) is 2. The Morgan fingerprint density at radius 1 is 1.00 bits per heavy atom. The zero-order chi connectivity index (χ0) is 21.5. The first kappa shape index (κ1) is 21.4. The van der Waals surface area contributed by atoms with Gasteiger partial charge in [-0.2, -0.15) is 5.10 Å². The second kappa shape index (κ2) is 9.93. The third-order valence-electron chi connectivity index (χ3n) is 4.35. The molecule has 0 radical (unpaired) electrons. The van der Waals surface area contributed by atoms with Gasteiger partial charge in [-0.05, 0) is 60.0 Å². The molecule has 0 bridgehead atoms. The molecule has 0 atom stereocenters. The summed E-state index contributed by atoms with van der Waals surface area (Å²) in [7, 11) is 0. The molecule has 0 aliphatic rings. The summed E-state index contributed by atoms with van der Waals surface area (Å²) >= 11 is 3.34. The van der Waals surface area contributed by atoms with Crippen molar-refractivity contribution >= 4 is 39.6 Å². The number of nitrogens with zero attached hydrogens (tertiary/aromatic N) is 1. The van der Waals surface area contributed by atoms with Crippen molar-refractivity contribution in [3.8, 4) is 0 Å². The van der Waals surface area contributed by atoms with E-state index in [2.05, 4.69) is 31.8 Å². The van der Waals surface area contributed by atoms with Crippen LogP contribution < -0.4 is 10.7 Å². The van der Waals surface area contributed by atoms with Gasteiger partial charge in [-0.15, -0.1) is 0 Å². The smallest absolute Gasteiger partial charge is 0.273 e. The van der Waals surface area contributed by atoms with Crippen molar-refractivity contribution < 1.29 is 14.0 Å². The second-order valence-corrected chi connectivity index (χ2v) is 7.36. The number of carbonyl (C=O) groups is 2. The quantitative estimate of drug-likeness (QED) is 0.387. The van der Waals surface area contributed by atoms with Crippen molar-refractivity contribution in [2.45, 2.75) is 13.3 Å². The summed E-state index contributed by atoms with van der Waals surface area (Å²) in [5.41, 5.74) is 5.29. The summed E-state index contributed by atoms with van der Waals surface area (Å²) in [4.78, 5) is 25.2. The van der Waals surface area contributed by atoms with Crippen LogP contribution in [0.2, 0.25) is 0 Å². The van der Waals surface area contributed by atoms with Crippen molar-refractivity contribution in [1.82, 2.24) is 5.43 Å². The van der Waals surface area contributed by atoms with Crippen LogP contribution in [0.15, 0.2) is 76.3 Å². The van der Waals surface area contributed by atoms with Gasteiger partial charge in [0, 0.05) is 10.0 Å². The number of carbonyl (C=O) groups excluding carboxylic acids is 2. The Kier molecular flexibility index (Phi) is 7.08. The first-order valence-corrected chi connectivity index (χ1v) is 10.0. The molecule has 3 rings (SSSR count). The summed E-state index contributed by atoms with van der Waals surface area (Å²) in [5.74, 6) is -1.16. The first-order chi connectivity index (χ1) is 14.5. The first-order valence-electron chi connectivity index (χ1n) is 9.25. The highest BCUT2D eigenvalue weighted by Crippen LogP contribution is 2.22. The van der Waals surface area contributed by atoms with E-state index in [1.807, 2.05) is 19.1 Å². The van der Waals surface area contributed by atoms with E-state index in [0.717, 1.165) is 12.0 Å². The Morgan fingerprint density at radius 3 is 2.37 bits per heavy atom. The van der Waals surface area contributed by atoms with Gasteiger partial charge in [0.05, 0.1) is 17.5 Å². The van der Waals surface area contributed by atoms with Crippen LogP contribution in [0, 0.1) is 5.82 Å². The van der Waals surface area contributed by atoms with Gasteiger partial charge in [0.2, 0.25) is 0 Å². The molecule has 0 heterocycles. The molecule has 7 heteroatoms. The van der Waals surface area contributed by atoms with E-state index in [1.54, 1.807) is 42.5 Å². The van der Waals surface area contributed by atoms with Gasteiger partial charge in [-0.1, -0.05) is 47.1 Å². The lowest BCUT2D eigenvalue weighted by atomic mass is 10.1. The van der Waals surface area contributed by atoms with E-state index in [0.29, 0.717) is 21.3 Å².